The van der Waals surface area contributed by atoms with Crippen molar-refractivity contribution >= 4 is 27.5 Å². The summed E-state index contributed by atoms with van der Waals surface area (Å²) < 4.78 is 5.82. The number of amides is 1. The third-order valence-corrected chi connectivity index (χ3v) is 3.16. The van der Waals surface area contributed by atoms with Crippen molar-refractivity contribution in [3.63, 3.8) is 0 Å². The fourth-order valence-electron chi connectivity index (χ4n) is 1.56. The van der Waals surface area contributed by atoms with Crippen LogP contribution < -0.4 is 10.1 Å². The monoisotopic (exact) mass is 321 g/mol. The van der Waals surface area contributed by atoms with Gasteiger partial charge < -0.3 is 15.2 Å². The Kier molecular flexibility index (Phi) is 4.06. The van der Waals surface area contributed by atoms with Crippen LogP contribution in [0.3, 0.4) is 0 Å². The molecule has 0 fully saturated rings. The molecule has 0 aliphatic rings. The lowest BCUT2D eigenvalue weighted by atomic mass is 10.2. The number of halogens is 1. The van der Waals surface area contributed by atoms with E-state index in [1.807, 2.05) is 0 Å². The minimum absolute atomic E-state index is 0.158. The number of hydrogen-bond donors (Lipinski definition) is 2. The molecule has 2 aromatic carbocycles. The highest BCUT2D eigenvalue weighted by atomic mass is 79.9. The van der Waals surface area contributed by atoms with Gasteiger partial charge in [-0.25, -0.2) is 0 Å². The number of nitrogens with one attached hydrogen (secondary N) is 1. The zero-order valence-electron chi connectivity index (χ0n) is 10.2. The van der Waals surface area contributed by atoms with E-state index in [1.165, 1.54) is 12.1 Å². The molecule has 2 aromatic rings. The van der Waals surface area contributed by atoms with E-state index in [2.05, 4.69) is 21.2 Å². The third-order valence-electron chi connectivity index (χ3n) is 2.54. The van der Waals surface area contributed by atoms with Gasteiger partial charge >= 0.3 is 0 Å². The lowest BCUT2D eigenvalue weighted by molar-refractivity contribution is 0.102. The molecule has 0 spiro atoms. The number of carbonyl (C=O) groups excluding carboxylic acids is 1. The minimum atomic E-state index is -0.228. The van der Waals surface area contributed by atoms with Gasteiger partial charge in [0.2, 0.25) is 0 Å². The molecule has 0 unspecified atom stereocenters. The normalized spacial score (nSPS) is 10.0. The van der Waals surface area contributed by atoms with Crippen LogP contribution in [0.15, 0.2) is 46.9 Å². The average molecular weight is 322 g/mol. The van der Waals surface area contributed by atoms with Crippen LogP contribution in [-0.4, -0.2) is 18.1 Å². The van der Waals surface area contributed by atoms with Crippen LogP contribution in [-0.2, 0) is 0 Å². The first-order chi connectivity index (χ1) is 9.10. The van der Waals surface area contributed by atoms with Crippen LogP contribution in [0.25, 0.3) is 0 Å². The molecule has 0 aliphatic carbocycles. The van der Waals surface area contributed by atoms with Crippen molar-refractivity contribution in [1.29, 1.82) is 0 Å². The minimum Gasteiger partial charge on any atom is -0.508 e. The van der Waals surface area contributed by atoms with E-state index in [1.54, 1.807) is 37.4 Å². The van der Waals surface area contributed by atoms with Gasteiger partial charge in [0.1, 0.15) is 11.5 Å². The smallest absolute Gasteiger partial charge is 0.255 e. The summed E-state index contributed by atoms with van der Waals surface area (Å²) >= 11 is 3.33. The average Bonchev–Trinajstić information content (AvgIpc) is 2.41. The highest BCUT2D eigenvalue weighted by Crippen LogP contribution is 2.26. The quantitative estimate of drug-likeness (QED) is 0.852. The molecule has 98 valence electrons. The van der Waals surface area contributed by atoms with E-state index in [9.17, 15) is 4.79 Å². The highest BCUT2D eigenvalue weighted by molar-refractivity contribution is 9.10. The van der Waals surface area contributed by atoms with Crippen molar-refractivity contribution in [2.45, 2.75) is 0 Å². The molecule has 2 rings (SSSR count). The Morgan fingerprint density at radius 2 is 1.89 bits per heavy atom. The van der Waals surface area contributed by atoms with Gasteiger partial charge in [0.15, 0.2) is 0 Å². The second-order valence-electron chi connectivity index (χ2n) is 3.85. The Hall–Kier alpha value is -2.01. The van der Waals surface area contributed by atoms with E-state index in [4.69, 9.17) is 9.84 Å². The Bertz CT molecular complexity index is 596. The van der Waals surface area contributed by atoms with Gasteiger partial charge in [0.05, 0.1) is 11.6 Å². The van der Waals surface area contributed by atoms with Crippen LogP contribution >= 0.6 is 15.9 Å². The van der Waals surface area contributed by atoms with E-state index < -0.39 is 0 Å². The number of phenolic OH excluding ortho intramolecular Hbond substituents is 1. The summed E-state index contributed by atoms with van der Waals surface area (Å²) in [4.78, 5) is 12.0. The summed E-state index contributed by atoms with van der Waals surface area (Å²) in [7, 11) is 1.57. The second kappa shape index (κ2) is 5.75. The predicted molar refractivity (Wildman–Crippen MR) is 76.8 cm³/mol. The third kappa shape index (κ3) is 3.26. The van der Waals surface area contributed by atoms with Gasteiger partial charge in [-0.05, 0) is 58.4 Å². The summed E-state index contributed by atoms with van der Waals surface area (Å²) in [6.45, 7) is 0. The Morgan fingerprint density at radius 1 is 1.21 bits per heavy atom. The molecule has 4 nitrogen and oxygen atoms in total. The van der Waals surface area contributed by atoms with Gasteiger partial charge in [-0.15, -0.1) is 0 Å². The number of carbonyl (C=O) groups is 1. The lowest BCUT2D eigenvalue weighted by Crippen LogP contribution is -2.11. The van der Waals surface area contributed by atoms with E-state index >= 15 is 0 Å². The van der Waals surface area contributed by atoms with Crippen LogP contribution in [0.5, 0.6) is 11.5 Å². The number of rotatable bonds is 3. The molecule has 0 bridgehead atoms. The predicted octanol–water partition coefficient (Wildman–Crippen LogP) is 3.42. The maximum Gasteiger partial charge on any atom is 0.255 e. The second-order valence-corrected chi connectivity index (χ2v) is 4.70. The first kappa shape index (κ1) is 13.4. The van der Waals surface area contributed by atoms with Crippen molar-refractivity contribution in [3.05, 3.63) is 52.5 Å². The van der Waals surface area contributed by atoms with Crippen LogP contribution in [0, 0.1) is 0 Å². The van der Waals surface area contributed by atoms with Gasteiger partial charge in [-0.1, -0.05) is 0 Å². The van der Waals surface area contributed by atoms with Gasteiger partial charge in [0, 0.05) is 11.3 Å². The zero-order chi connectivity index (χ0) is 13.8. The van der Waals surface area contributed by atoms with Crippen molar-refractivity contribution in [1.82, 2.24) is 0 Å². The first-order valence-corrected chi connectivity index (χ1v) is 6.33. The van der Waals surface area contributed by atoms with E-state index in [0.717, 1.165) is 0 Å². The van der Waals surface area contributed by atoms with Crippen LogP contribution in [0.2, 0.25) is 0 Å². The molecule has 0 radical (unpaired) electrons. The largest absolute Gasteiger partial charge is 0.508 e. The van der Waals surface area contributed by atoms with Crippen molar-refractivity contribution in [3.8, 4) is 11.5 Å². The summed E-state index contributed by atoms with van der Waals surface area (Å²) in [5.41, 5.74) is 1.13. The van der Waals surface area contributed by atoms with E-state index in [0.29, 0.717) is 21.5 Å². The summed E-state index contributed by atoms with van der Waals surface area (Å²) in [6, 6.07) is 11.4. The molecule has 1 amide bonds. The molecular formula is C14H12BrNO3. The molecule has 2 N–H and O–H groups in total. The summed E-state index contributed by atoms with van der Waals surface area (Å²) in [5, 5.41) is 11.9. The SMILES string of the molecule is COc1ccc(C(=O)Nc2ccc(O)cc2)cc1Br. The molecule has 0 saturated heterocycles. The van der Waals surface area contributed by atoms with Gasteiger partial charge in [-0.2, -0.15) is 0 Å². The molecule has 0 aliphatic heterocycles. The number of hydrogen-bond acceptors (Lipinski definition) is 3. The Balaban J connectivity index is 2.16. The number of aromatic hydroxyl groups is 1. The zero-order valence-corrected chi connectivity index (χ0v) is 11.8. The number of benzene rings is 2. The molecule has 0 heterocycles. The lowest BCUT2D eigenvalue weighted by Gasteiger charge is -2.07. The molecule has 5 heteroatoms. The van der Waals surface area contributed by atoms with Crippen molar-refractivity contribution < 1.29 is 14.6 Å². The maximum absolute atomic E-state index is 12.0. The van der Waals surface area contributed by atoms with Crippen LogP contribution in [0.4, 0.5) is 5.69 Å². The summed E-state index contributed by atoms with van der Waals surface area (Å²) in [5.74, 6) is 0.598. The molecular weight excluding hydrogens is 310 g/mol. The fraction of sp³-hybridized carbons (Fsp3) is 0.0714. The van der Waals surface area contributed by atoms with E-state index in [-0.39, 0.29) is 11.7 Å². The van der Waals surface area contributed by atoms with Gasteiger partial charge in [-0.3, -0.25) is 4.79 Å². The standard InChI is InChI=1S/C14H12BrNO3/c1-19-13-7-2-9(8-12(13)15)14(18)16-10-3-5-11(17)6-4-10/h2-8,17H,1H3,(H,16,18). The maximum atomic E-state index is 12.0. The molecule has 0 aromatic heterocycles. The van der Waals surface area contributed by atoms with Crippen molar-refractivity contribution in [2.24, 2.45) is 0 Å². The summed E-state index contributed by atoms with van der Waals surface area (Å²) in [6.07, 6.45) is 0. The molecule has 19 heavy (non-hydrogen) atoms. The molecule has 0 saturated carbocycles. The number of anilines is 1. The number of phenols is 1. The Labute approximate surface area is 119 Å². The topological polar surface area (TPSA) is 58.6 Å². The number of ether oxygens (including phenoxy) is 1. The molecule has 0 atom stereocenters. The van der Waals surface area contributed by atoms with Crippen LogP contribution in [0.1, 0.15) is 10.4 Å². The Morgan fingerprint density at radius 3 is 2.47 bits per heavy atom. The fourth-order valence-corrected chi connectivity index (χ4v) is 2.10. The highest BCUT2D eigenvalue weighted by Gasteiger charge is 2.09. The van der Waals surface area contributed by atoms with Crippen molar-refractivity contribution in [2.75, 3.05) is 12.4 Å². The van der Waals surface area contributed by atoms with Gasteiger partial charge in [0.25, 0.3) is 5.91 Å². The first-order valence-electron chi connectivity index (χ1n) is 5.54. The number of methoxy groups -OCH3 is 1.